The fourth-order valence-electron chi connectivity index (χ4n) is 0.587. The standard InChI is InChI=1S/C5H9.CHF2.CH3N.BrH.Mg/c1-3-5-4-2;2-1-3;1-2;;/h3H,1-2,4-5H2;1H;2H,1H2;1H;. The smallest absolute Gasteiger partial charge is 0.317 e. The quantitative estimate of drug-likeness (QED) is 0.337. The van der Waals surface area contributed by atoms with E-state index in [1.165, 1.54) is 0 Å². The summed E-state index contributed by atoms with van der Waals surface area (Å²) < 4.78 is 21.8. The fourth-order valence-corrected chi connectivity index (χ4v) is 1.47. The molecule has 0 aliphatic heterocycles. The van der Waals surface area contributed by atoms with E-state index in [-0.39, 0.29) is 17.0 Å². The highest BCUT2D eigenvalue weighted by Crippen LogP contribution is 1.99. The highest BCUT2D eigenvalue weighted by molar-refractivity contribution is 8.93. The second-order valence-corrected chi connectivity index (χ2v) is 3.87. The molecule has 70 valence electrons. The molecule has 0 rings (SSSR count). The molecule has 0 radical (unpaired) electrons. The third-order valence-corrected chi connectivity index (χ3v) is 2.43. The van der Waals surface area contributed by atoms with Gasteiger partial charge in [-0.15, -0.1) is 28.1 Å². The summed E-state index contributed by atoms with van der Waals surface area (Å²) in [5, 5.41) is 5.50. The molecule has 0 atom stereocenters. The minimum Gasteiger partial charge on any atom is -0.317 e. The van der Waals surface area contributed by atoms with E-state index in [0.29, 0.717) is 0 Å². The van der Waals surface area contributed by atoms with Crippen molar-refractivity contribution in [2.45, 2.75) is 21.9 Å². The zero-order valence-electron chi connectivity index (χ0n) is 7.06. The maximum Gasteiger partial charge on any atom is 0.471 e. The van der Waals surface area contributed by atoms with Gasteiger partial charge < -0.3 is 5.41 Å². The van der Waals surface area contributed by atoms with E-state index in [4.69, 9.17) is 5.41 Å². The molecule has 0 heterocycles. The van der Waals surface area contributed by atoms with E-state index in [9.17, 15) is 8.78 Å². The molecule has 0 bridgehead atoms. The van der Waals surface area contributed by atoms with E-state index in [0.717, 1.165) is 17.4 Å². The van der Waals surface area contributed by atoms with Crippen molar-refractivity contribution in [1.29, 1.82) is 5.41 Å². The minimum absolute atomic E-state index is 0. The van der Waals surface area contributed by atoms with Gasteiger partial charge in [0.15, 0.2) is 0 Å². The van der Waals surface area contributed by atoms with E-state index in [1.54, 1.807) is 6.08 Å². The molecule has 12 heavy (non-hydrogen) atoms. The molecule has 0 aromatic carbocycles. The van der Waals surface area contributed by atoms with Crippen molar-refractivity contribution < 1.29 is 8.78 Å². The summed E-state index contributed by atoms with van der Waals surface area (Å²) in [4.78, 5) is 0. The lowest BCUT2D eigenvalue weighted by atomic mass is 10.3. The second-order valence-electron chi connectivity index (χ2n) is 1.96. The van der Waals surface area contributed by atoms with Crippen molar-refractivity contribution in [3.05, 3.63) is 12.7 Å². The molecule has 0 aliphatic carbocycles. The summed E-state index contributed by atoms with van der Waals surface area (Å²) in [5.74, 6) is 0. The van der Waals surface area contributed by atoms with E-state index in [1.807, 2.05) is 0 Å². The monoisotopic (exact) mass is 253 g/mol. The van der Waals surface area contributed by atoms with Crippen LogP contribution in [0.2, 0.25) is 4.55 Å². The zero-order chi connectivity index (χ0) is 9.11. The maximum atomic E-state index is 11.5. The summed E-state index contributed by atoms with van der Waals surface area (Å²) in [5.41, 5.74) is 0. The number of hydrogen-bond donors (Lipinski definition) is 1. The van der Waals surface area contributed by atoms with Gasteiger partial charge in [-0.2, -0.15) is 0 Å². The van der Waals surface area contributed by atoms with Gasteiger partial charge >= 0.3 is 20.4 Å². The number of allylic oxidation sites excluding steroid dienone is 1. The minimum atomic E-state index is -1.99. The van der Waals surface area contributed by atoms with Crippen LogP contribution in [0.25, 0.3) is 0 Å². The Morgan fingerprint density at radius 2 is 1.92 bits per heavy atom. The Morgan fingerprint density at radius 3 is 2.25 bits per heavy atom. The van der Waals surface area contributed by atoms with Crippen molar-refractivity contribution in [1.82, 2.24) is 0 Å². The van der Waals surface area contributed by atoms with E-state index < -0.39 is 24.9 Å². The van der Waals surface area contributed by atoms with Gasteiger partial charge in [0, 0.05) is 0 Å². The lowest BCUT2D eigenvalue weighted by molar-refractivity contribution is 0.237. The molecular weight excluding hydrogens is 240 g/mol. The van der Waals surface area contributed by atoms with Crippen molar-refractivity contribution >= 4 is 44.1 Å². The van der Waals surface area contributed by atoms with Gasteiger partial charge in [-0.05, 0) is 13.1 Å². The maximum absolute atomic E-state index is 11.5. The molecule has 0 aromatic heterocycles. The van der Waals surface area contributed by atoms with Crippen LogP contribution in [-0.4, -0.2) is 31.6 Å². The molecule has 0 aromatic rings. The number of unbranched alkanes of at least 4 members (excludes halogenated alkanes) is 1. The first kappa shape index (κ1) is 18.3. The molecule has 0 aliphatic rings. The zero-order valence-corrected chi connectivity index (χ0v) is 10.2. The first-order valence-electron chi connectivity index (χ1n) is 3.51. The SMILES string of the molecule is Br.C=CCC[CH2][Mg][CH](F)F.C=N. The van der Waals surface area contributed by atoms with E-state index in [2.05, 4.69) is 13.3 Å². The Bertz CT molecular complexity index is 93.5. The van der Waals surface area contributed by atoms with Crippen LogP contribution in [0.5, 0.6) is 0 Å². The highest BCUT2D eigenvalue weighted by Gasteiger charge is 2.06. The number of rotatable bonds is 5. The van der Waals surface area contributed by atoms with Gasteiger partial charge in [0.2, 0.25) is 0 Å². The Labute approximate surface area is 92.6 Å². The van der Waals surface area contributed by atoms with Crippen LogP contribution in [-0.2, 0) is 0 Å². The summed E-state index contributed by atoms with van der Waals surface area (Å²) >= 11 is -1.06. The van der Waals surface area contributed by atoms with Crippen LogP contribution in [0.4, 0.5) is 8.78 Å². The molecule has 0 amide bonds. The first-order chi connectivity index (χ1) is 5.27. The largest absolute Gasteiger partial charge is 0.471 e. The molecule has 5 heteroatoms. The predicted molar refractivity (Wildman–Crippen MR) is 56.2 cm³/mol. The third kappa shape index (κ3) is 22.4. The molecule has 1 N–H and O–H groups in total. The summed E-state index contributed by atoms with van der Waals surface area (Å²) in [6.45, 7) is 6.01. The first-order valence-corrected chi connectivity index (χ1v) is 5.33. The number of alkyl halides is 2. The topological polar surface area (TPSA) is 23.9 Å². The predicted octanol–water partition coefficient (Wildman–Crippen LogP) is 3.14. The van der Waals surface area contributed by atoms with Crippen LogP contribution in [0.15, 0.2) is 12.7 Å². The van der Waals surface area contributed by atoms with Crippen molar-refractivity contribution in [3.63, 3.8) is 0 Å². The number of nitrogens with one attached hydrogen (secondary N) is 1. The van der Waals surface area contributed by atoms with Crippen LogP contribution in [0, 0.1) is 5.41 Å². The van der Waals surface area contributed by atoms with Crippen LogP contribution in [0.3, 0.4) is 0 Å². The average Bonchev–Trinajstić information content (AvgIpc) is 2.02. The second kappa shape index (κ2) is 17.6. The number of hydrogen-bond acceptors (Lipinski definition) is 1. The molecule has 1 nitrogen and oxygen atoms in total. The van der Waals surface area contributed by atoms with Crippen LogP contribution >= 0.6 is 17.0 Å². The lowest BCUT2D eigenvalue weighted by Gasteiger charge is -1.92. The van der Waals surface area contributed by atoms with Gasteiger partial charge in [0.25, 0.3) is 0 Å². The van der Waals surface area contributed by atoms with Gasteiger partial charge in [-0.3, -0.25) is 0 Å². The van der Waals surface area contributed by atoms with E-state index >= 15 is 0 Å². The molecule has 0 saturated heterocycles. The normalized spacial score (nSPS) is 7.25. The Hall–Kier alpha value is 0.516. The number of halogens is 3. The van der Waals surface area contributed by atoms with Gasteiger partial charge in [-0.1, -0.05) is 12.5 Å². The Morgan fingerprint density at radius 1 is 1.42 bits per heavy atom. The average molecular weight is 254 g/mol. The fraction of sp³-hybridized carbons (Fsp3) is 0.571. The Balaban J connectivity index is -0.000000249. The molecule has 0 unspecified atom stereocenters. The van der Waals surface area contributed by atoms with Crippen molar-refractivity contribution in [2.75, 3.05) is 0 Å². The summed E-state index contributed by atoms with van der Waals surface area (Å²) in [6, 6.07) is 0. The van der Waals surface area contributed by atoms with Crippen molar-refractivity contribution in [3.8, 4) is 0 Å². The third-order valence-electron chi connectivity index (χ3n) is 1.08. The summed E-state index contributed by atoms with van der Waals surface area (Å²) in [7, 11) is 0. The molecule has 0 spiro atoms. The van der Waals surface area contributed by atoms with Crippen molar-refractivity contribution in [2.24, 2.45) is 0 Å². The Kier molecular flexibility index (Phi) is 26.8. The van der Waals surface area contributed by atoms with Gasteiger partial charge in [-0.25, -0.2) is 8.78 Å². The highest BCUT2D eigenvalue weighted by atomic mass is 79.9. The summed E-state index contributed by atoms with van der Waals surface area (Å²) in [6.07, 6.45) is 3.57. The molecule has 0 saturated carbocycles. The van der Waals surface area contributed by atoms with Crippen LogP contribution < -0.4 is 0 Å². The molecule has 0 fully saturated rings. The lowest BCUT2D eigenvalue weighted by Crippen LogP contribution is -2.02. The van der Waals surface area contributed by atoms with Gasteiger partial charge in [0.05, 0.1) is 0 Å². The molecular formula is C7H14BrF2MgN. The van der Waals surface area contributed by atoms with Crippen LogP contribution in [0.1, 0.15) is 12.8 Å². The van der Waals surface area contributed by atoms with Gasteiger partial charge in [0.1, 0.15) is 4.55 Å².